The van der Waals surface area contributed by atoms with Crippen LogP contribution in [0.1, 0.15) is 18.2 Å². The smallest absolute Gasteiger partial charge is 0.282 e. The highest BCUT2D eigenvalue weighted by atomic mass is 16.1. The lowest BCUT2D eigenvalue weighted by atomic mass is 10.1. The van der Waals surface area contributed by atoms with Crippen molar-refractivity contribution in [2.24, 2.45) is 0 Å². The van der Waals surface area contributed by atoms with Crippen molar-refractivity contribution in [2.75, 3.05) is 12.1 Å². The first-order valence-electron chi connectivity index (χ1n) is 8.06. The topological polar surface area (TPSA) is 61.9 Å². The summed E-state index contributed by atoms with van der Waals surface area (Å²) in [6, 6.07) is 19.0. The highest BCUT2D eigenvalue weighted by Crippen LogP contribution is 2.18. The van der Waals surface area contributed by atoms with Gasteiger partial charge in [-0.15, -0.1) is 0 Å². The highest BCUT2D eigenvalue weighted by molar-refractivity contribution is 5.58. The van der Waals surface area contributed by atoms with Crippen LogP contribution in [0.3, 0.4) is 0 Å². The molecule has 0 radical (unpaired) electrons. The molecule has 3 rings (SSSR count). The second-order valence-electron chi connectivity index (χ2n) is 5.62. The maximum atomic E-state index is 12.7. The normalized spacial score (nSPS) is 10.3. The largest absolute Gasteiger partial charge is 0.290 e. The van der Waals surface area contributed by atoms with Crippen LogP contribution in [0.5, 0.6) is 0 Å². The van der Waals surface area contributed by atoms with E-state index in [4.69, 9.17) is 5.26 Å². The molecule has 0 fully saturated rings. The van der Waals surface area contributed by atoms with Gasteiger partial charge in [0.2, 0.25) is 0 Å². The summed E-state index contributed by atoms with van der Waals surface area (Å²) in [5.41, 5.74) is 3.47. The molecular formula is C20H18N4O. The predicted octanol–water partition coefficient (Wildman–Crippen LogP) is 3.24. The second kappa shape index (κ2) is 7.02. The Morgan fingerprint density at radius 1 is 1.12 bits per heavy atom. The van der Waals surface area contributed by atoms with Gasteiger partial charge in [0.1, 0.15) is 5.69 Å². The van der Waals surface area contributed by atoms with Crippen molar-refractivity contribution in [1.82, 2.24) is 9.66 Å². The van der Waals surface area contributed by atoms with Gasteiger partial charge < -0.3 is 0 Å². The molecule has 5 heteroatoms. The Morgan fingerprint density at radius 3 is 2.40 bits per heavy atom. The number of benzene rings is 2. The van der Waals surface area contributed by atoms with E-state index < -0.39 is 0 Å². The van der Waals surface area contributed by atoms with Gasteiger partial charge in [-0.25, -0.2) is 9.66 Å². The first-order valence-corrected chi connectivity index (χ1v) is 8.06. The zero-order valence-electron chi connectivity index (χ0n) is 14.2. The van der Waals surface area contributed by atoms with Crippen LogP contribution >= 0.6 is 0 Å². The molecule has 3 aromatic rings. The molecule has 0 aliphatic rings. The monoisotopic (exact) mass is 330 g/mol. The minimum atomic E-state index is -0.144. The number of aryl methyl sites for hydroxylation is 1. The van der Waals surface area contributed by atoms with Crippen molar-refractivity contribution in [3.8, 4) is 17.3 Å². The molecule has 0 saturated heterocycles. The Hall–Kier alpha value is -3.39. The minimum absolute atomic E-state index is 0.144. The highest BCUT2D eigenvalue weighted by Gasteiger charge is 2.12. The Balaban J connectivity index is 2.11. The molecule has 1 heterocycles. The van der Waals surface area contributed by atoms with Crippen molar-refractivity contribution < 1.29 is 0 Å². The zero-order chi connectivity index (χ0) is 17.8. The average molecular weight is 330 g/mol. The van der Waals surface area contributed by atoms with E-state index in [0.717, 1.165) is 16.9 Å². The van der Waals surface area contributed by atoms with E-state index in [2.05, 4.69) is 11.1 Å². The molecule has 2 aromatic carbocycles. The first kappa shape index (κ1) is 16.5. The van der Waals surface area contributed by atoms with Gasteiger partial charge in [0, 0.05) is 12.6 Å². The van der Waals surface area contributed by atoms with E-state index in [0.29, 0.717) is 17.7 Å². The molecule has 0 bridgehead atoms. The summed E-state index contributed by atoms with van der Waals surface area (Å²) in [6.45, 7) is 1.92. The number of hydrogen-bond donors (Lipinski definition) is 0. The van der Waals surface area contributed by atoms with E-state index in [-0.39, 0.29) is 5.56 Å². The van der Waals surface area contributed by atoms with Crippen LogP contribution in [0.4, 0.5) is 5.69 Å². The van der Waals surface area contributed by atoms with E-state index in [1.807, 2.05) is 56.4 Å². The van der Waals surface area contributed by atoms with Crippen LogP contribution in [-0.4, -0.2) is 16.7 Å². The molecular weight excluding hydrogens is 312 g/mol. The summed E-state index contributed by atoms with van der Waals surface area (Å²) >= 11 is 0. The molecule has 5 nitrogen and oxygen atoms in total. The molecule has 0 saturated carbocycles. The molecule has 0 amide bonds. The predicted molar refractivity (Wildman–Crippen MR) is 98.3 cm³/mol. The lowest BCUT2D eigenvalue weighted by Gasteiger charge is -2.23. The molecule has 1 aromatic heterocycles. The van der Waals surface area contributed by atoms with Crippen molar-refractivity contribution in [3.05, 3.63) is 82.4 Å². The Bertz CT molecular complexity index is 969. The fourth-order valence-corrected chi connectivity index (χ4v) is 2.61. The van der Waals surface area contributed by atoms with Crippen LogP contribution in [0.2, 0.25) is 0 Å². The maximum absolute atomic E-state index is 12.7. The van der Waals surface area contributed by atoms with Crippen LogP contribution in [-0.2, 0) is 6.42 Å². The van der Waals surface area contributed by atoms with E-state index >= 15 is 0 Å². The maximum Gasteiger partial charge on any atom is 0.290 e. The third kappa shape index (κ3) is 3.29. The van der Waals surface area contributed by atoms with Crippen LogP contribution in [0.25, 0.3) is 11.3 Å². The quantitative estimate of drug-likeness (QED) is 0.737. The standard InChI is InChI=1S/C20H18N4O/c1-3-18-20(25)24(14-19(22-18)16-7-5-4-6-8-16)23(2)17-11-9-15(13-21)10-12-17/h4-12,14H,3H2,1-2H3. The van der Waals surface area contributed by atoms with Crippen LogP contribution in [0.15, 0.2) is 65.6 Å². The average Bonchev–Trinajstić information content (AvgIpc) is 2.68. The van der Waals surface area contributed by atoms with Gasteiger partial charge in [0.15, 0.2) is 0 Å². The van der Waals surface area contributed by atoms with Crippen molar-refractivity contribution >= 4 is 5.69 Å². The number of aromatic nitrogens is 2. The summed E-state index contributed by atoms with van der Waals surface area (Å²) < 4.78 is 1.57. The minimum Gasteiger partial charge on any atom is -0.282 e. The fourth-order valence-electron chi connectivity index (χ4n) is 2.61. The Kier molecular flexibility index (Phi) is 4.62. The number of hydrogen-bond acceptors (Lipinski definition) is 4. The summed E-state index contributed by atoms with van der Waals surface area (Å²) in [5, 5.41) is 10.7. The molecule has 0 unspecified atom stereocenters. The van der Waals surface area contributed by atoms with Gasteiger partial charge in [-0.1, -0.05) is 37.3 Å². The number of rotatable bonds is 4. The Labute approximate surface area is 146 Å². The molecule has 124 valence electrons. The Morgan fingerprint density at radius 2 is 1.80 bits per heavy atom. The molecule has 0 spiro atoms. The SMILES string of the molecule is CCc1nc(-c2ccccc2)cn(N(C)c2ccc(C#N)cc2)c1=O. The van der Waals surface area contributed by atoms with Crippen molar-refractivity contribution in [2.45, 2.75) is 13.3 Å². The van der Waals surface area contributed by atoms with E-state index in [9.17, 15) is 4.79 Å². The second-order valence-corrected chi connectivity index (χ2v) is 5.62. The molecule has 0 atom stereocenters. The number of anilines is 1. The first-order chi connectivity index (χ1) is 12.1. The summed E-state index contributed by atoms with van der Waals surface area (Å²) in [5.74, 6) is 0. The lowest BCUT2D eigenvalue weighted by Crippen LogP contribution is -2.37. The van der Waals surface area contributed by atoms with Gasteiger partial charge in [-0.05, 0) is 30.7 Å². The number of nitrogens with zero attached hydrogens (tertiary/aromatic N) is 4. The van der Waals surface area contributed by atoms with Crippen molar-refractivity contribution in [3.63, 3.8) is 0 Å². The molecule has 0 aliphatic heterocycles. The third-order valence-corrected chi connectivity index (χ3v) is 4.05. The number of nitriles is 1. The zero-order valence-corrected chi connectivity index (χ0v) is 14.2. The van der Waals surface area contributed by atoms with Crippen LogP contribution < -0.4 is 10.6 Å². The fraction of sp³-hybridized carbons (Fsp3) is 0.150. The molecule has 25 heavy (non-hydrogen) atoms. The van der Waals surface area contributed by atoms with E-state index in [1.54, 1.807) is 28.0 Å². The van der Waals surface area contributed by atoms with Crippen molar-refractivity contribution in [1.29, 1.82) is 5.26 Å². The summed E-state index contributed by atoms with van der Waals surface area (Å²) in [4.78, 5) is 17.2. The van der Waals surface area contributed by atoms with Gasteiger partial charge >= 0.3 is 0 Å². The summed E-state index contributed by atoms with van der Waals surface area (Å²) in [7, 11) is 1.82. The van der Waals surface area contributed by atoms with Crippen LogP contribution in [0, 0.1) is 11.3 Å². The van der Waals surface area contributed by atoms with Gasteiger partial charge in [0.05, 0.1) is 29.2 Å². The lowest BCUT2D eigenvalue weighted by molar-refractivity contribution is 0.713. The molecule has 0 N–H and O–H groups in total. The summed E-state index contributed by atoms with van der Waals surface area (Å²) in [6.07, 6.45) is 2.30. The molecule has 0 aliphatic carbocycles. The third-order valence-electron chi connectivity index (χ3n) is 4.05. The van der Waals surface area contributed by atoms with Gasteiger partial charge in [-0.3, -0.25) is 9.80 Å². The van der Waals surface area contributed by atoms with E-state index in [1.165, 1.54) is 0 Å². The van der Waals surface area contributed by atoms with Gasteiger partial charge in [0.25, 0.3) is 5.56 Å². The van der Waals surface area contributed by atoms with Gasteiger partial charge in [-0.2, -0.15) is 5.26 Å².